The van der Waals surface area contributed by atoms with E-state index in [1.165, 1.54) is 12.1 Å². The molecule has 15 heavy (non-hydrogen) atoms. The summed E-state index contributed by atoms with van der Waals surface area (Å²) < 4.78 is 12.6. The van der Waals surface area contributed by atoms with Crippen molar-refractivity contribution in [1.29, 1.82) is 0 Å². The first-order valence-corrected chi connectivity index (χ1v) is 5.18. The fraction of sp³-hybridized carbons (Fsp3) is 0.333. The zero-order valence-electron chi connectivity index (χ0n) is 9.37. The van der Waals surface area contributed by atoms with Crippen LogP contribution in [-0.4, -0.2) is 12.1 Å². The molecule has 1 aromatic rings. The van der Waals surface area contributed by atoms with Crippen molar-refractivity contribution in [2.24, 2.45) is 0 Å². The summed E-state index contributed by atoms with van der Waals surface area (Å²) in [6.07, 6.45) is 3.99. The molecule has 0 bridgehead atoms. The molecule has 1 N–H and O–H groups in total. The molecule has 0 saturated heterocycles. The first-order chi connectivity index (χ1) is 7.25. The van der Waals surface area contributed by atoms with Gasteiger partial charge in [-0.05, 0) is 23.8 Å². The van der Waals surface area contributed by atoms with E-state index in [0.717, 1.165) is 5.56 Å². The summed E-state index contributed by atoms with van der Waals surface area (Å²) in [5.74, 6) is -0.195. The van der Waals surface area contributed by atoms with Crippen LogP contribution in [-0.2, 0) is 0 Å². The molecule has 2 nitrogen and oxygen atoms in total. The number of hydrogen-bond donors (Lipinski definition) is 1. The van der Waals surface area contributed by atoms with Crippen molar-refractivity contribution >= 4 is 0 Å². The van der Waals surface area contributed by atoms with Crippen LogP contribution in [0.15, 0.2) is 36.5 Å². The fourth-order valence-electron chi connectivity index (χ4n) is 1.38. The molecule has 1 aliphatic heterocycles. The summed E-state index contributed by atoms with van der Waals surface area (Å²) in [6, 6.07) is 6.70. The smallest absolute Gasteiger partial charge is 0.123 e. The van der Waals surface area contributed by atoms with E-state index in [0.29, 0.717) is 0 Å². The van der Waals surface area contributed by atoms with E-state index in [-0.39, 0.29) is 11.9 Å². The summed E-state index contributed by atoms with van der Waals surface area (Å²) in [5.41, 5.74) is 4.26. The molecule has 0 saturated carbocycles. The van der Waals surface area contributed by atoms with Gasteiger partial charge in [0.25, 0.3) is 0 Å². The van der Waals surface area contributed by atoms with Gasteiger partial charge in [-0.15, -0.1) is 0 Å². The number of nitrogens with zero attached hydrogens (tertiary/aromatic N) is 1. The minimum Gasteiger partial charge on any atom is -0.318 e. The Labute approximate surface area is 90.4 Å². The molecular weight excluding hydrogens is 191 g/mol. The molecule has 3 heteroatoms. The highest BCUT2D eigenvalue weighted by Crippen LogP contribution is 2.18. The lowest BCUT2D eigenvalue weighted by molar-refractivity contribution is 0.333. The lowest BCUT2D eigenvalue weighted by Crippen LogP contribution is -2.26. The zero-order valence-corrected chi connectivity index (χ0v) is 9.37. The lowest BCUT2D eigenvalue weighted by atomic mass is 10.1. The second-order valence-electron chi connectivity index (χ2n) is 3.11. The van der Waals surface area contributed by atoms with Crippen molar-refractivity contribution in [1.82, 2.24) is 10.4 Å². The monoisotopic (exact) mass is 208 g/mol. The summed E-state index contributed by atoms with van der Waals surface area (Å²) in [7, 11) is 1.93. The quantitative estimate of drug-likeness (QED) is 0.763. The van der Waals surface area contributed by atoms with E-state index in [1.807, 2.05) is 38.2 Å². The van der Waals surface area contributed by atoms with Gasteiger partial charge in [-0.3, -0.25) is 0 Å². The summed E-state index contributed by atoms with van der Waals surface area (Å²) in [4.78, 5) is 0. The first-order valence-electron chi connectivity index (χ1n) is 5.18. The van der Waals surface area contributed by atoms with Crippen molar-refractivity contribution in [3.8, 4) is 0 Å². The number of rotatable bonds is 1. The van der Waals surface area contributed by atoms with Crippen molar-refractivity contribution in [2.75, 3.05) is 7.05 Å². The van der Waals surface area contributed by atoms with Gasteiger partial charge in [0, 0.05) is 13.2 Å². The maximum absolute atomic E-state index is 12.6. The summed E-state index contributed by atoms with van der Waals surface area (Å²) in [6.45, 7) is 4.00. The van der Waals surface area contributed by atoms with Crippen LogP contribution in [0.25, 0.3) is 0 Å². The van der Waals surface area contributed by atoms with E-state index >= 15 is 0 Å². The molecule has 1 unspecified atom stereocenters. The molecule has 0 amide bonds. The number of hydrazine groups is 1. The molecule has 0 fully saturated rings. The Morgan fingerprint density at radius 2 is 1.80 bits per heavy atom. The van der Waals surface area contributed by atoms with Crippen LogP contribution in [0.4, 0.5) is 4.39 Å². The first kappa shape index (κ1) is 11.7. The minimum atomic E-state index is -0.195. The molecular formula is C12H17FN2. The fourth-order valence-corrected chi connectivity index (χ4v) is 1.38. The Morgan fingerprint density at radius 1 is 1.20 bits per heavy atom. The van der Waals surface area contributed by atoms with E-state index in [9.17, 15) is 4.39 Å². The van der Waals surface area contributed by atoms with Gasteiger partial charge in [0.05, 0.1) is 6.04 Å². The molecule has 0 aliphatic carbocycles. The molecule has 1 aromatic carbocycles. The highest BCUT2D eigenvalue weighted by atomic mass is 19.1. The van der Waals surface area contributed by atoms with Crippen molar-refractivity contribution in [3.05, 3.63) is 47.9 Å². The average Bonchev–Trinajstić information content (AvgIpc) is 2.69. The SMILES string of the molecule is CC.CN1C=CC(c2ccc(F)cc2)N1. The standard InChI is InChI=1S/C10H11FN2.C2H6/c1-13-7-6-10(12-13)8-2-4-9(11)5-3-8;1-2/h2-7,10,12H,1H3;1-2H3. The molecule has 1 heterocycles. The third-order valence-electron chi connectivity index (χ3n) is 2.07. The van der Waals surface area contributed by atoms with E-state index in [1.54, 1.807) is 12.1 Å². The third kappa shape index (κ3) is 3.06. The van der Waals surface area contributed by atoms with Crippen LogP contribution in [0.3, 0.4) is 0 Å². The number of halogens is 1. The average molecular weight is 208 g/mol. The van der Waals surface area contributed by atoms with Crippen LogP contribution < -0.4 is 5.43 Å². The minimum absolute atomic E-state index is 0.172. The largest absolute Gasteiger partial charge is 0.318 e. The normalized spacial score (nSPS) is 18.7. The number of hydrogen-bond acceptors (Lipinski definition) is 2. The Kier molecular flexibility index (Phi) is 4.31. The van der Waals surface area contributed by atoms with E-state index in [4.69, 9.17) is 0 Å². The molecule has 1 aliphatic rings. The van der Waals surface area contributed by atoms with Crippen molar-refractivity contribution < 1.29 is 4.39 Å². The highest BCUT2D eigenvalue weighted by molar-refractivity contribution is 5.24. The Hall–Kier alpha value is -1.35. The topological polar surface area (TPSA) is 15.3 Å². The maximum atomic E-state index is 12.6. The van der Waals surface area contributed by atoms with Crippen molar-refractivity contribution in [2.45, 2.75) is 19.9 Å². The van der Waals surface area contributed by atoms with Crippen molar-refractivity contribution in [3.63, 3.8) is 0 Å². The predicted molar refractivity (Wildman–Crippen MR) is 60.5 cm³/mol. The van der Waals surface area contributed by atoms with Gasteiger partial charge < -0.3 is 5.01 Å². The highest BCUT2D eigenvalue weighted by Gasteiger charge is 2.13. The van der Waals surface area contributed by atoms with Gasteiger partial charge in [0.2, 0.25) is 0 Å². The Balaban J connectivity index is 0.000000531. The van der Waals surface area contributed by atoms with Gasteiger partial charge in [0.1, 0.15) is 5.82 Å². The Morgan fingerprint density at radius 3 is 2.27 bits per heavy atom. The Bertz CT molecular complexity index is 319. The van der Waals surface area contributed by atoms with E-state index < -0.39 is 0 Å². The second-order valence-corrected chi connectivity index (χ2v) is 3.11. The van der Waals surface area contributed by atoms with Crippen LogP contribution in [0, 0.1) is 5.82 Å². The van der Waals surface area contributed by atoms with Crippen LogP contribution >= 0.6 is 0 Å². The molecule has 2 rings (SSSR count). The lowest BCUT2D eigenvalue weighted by Gasteiger charge is -2.14. The van der Waals surface area contributed by atoms with Gasteiger partial charge in [0.15, 0.2) is 0 Å². The number of benzene rings is 1. The predicted octanol–water partition coefficient (Wildman–Crippen LogP) is 2.86. The van der Waals surface area contributed by atoms with Crippen LogP contribution in [0.1, 0.15) is 25.5 Å². The van der Waals surface area contributed by atoms with Crippen LogP contribution in [0.5, 0.6) is 0 Å². The van der Waals surface area contributed by atoms with Gasteiger partial charge in [-0.2, -0.15) is 0 Å². The second kappa shape index (κ2) is 5.51. The van der Waals surface area contributed by atoms with Gasteiger partial charge in [-0.1, -0.05) is 26.0 Å². The zero-order chi connectivity index (χ0) is 11.3. The molecule has 0 aromatic heterocycles. The van der Waals surface area contributed by atoms with Gasteiger partial charge in [-0.25, -0.2) is 9.82 Å². The maximum Gasteiger partial charge on any atom is 0.123 e. The van der Waals surface area contributed by atoms with E-state index in [2.05, 4.69) is 5.43 Å². The van der Waals surface area contributed by atoms with Crippen LogP contribution in [0.2, 0.25) is 0 Å². The summed E-state index contributed by atoms with van der Waals surface area (Å²) >= 11 is 0. The third-order valence-corrected chi connectivity index (χ3v) is 2.07. The summed E-state index contributed by atoms with van der Waals surface area (Å²) in [5, 5.41) is 1.88. The molecule has 0 radical (unpaired) electrons. The van der Waals surface area contributed by atoms with Gasteiger partial charge >= 0.3 is 0 Å². The number of nitrogens with one attached hydrogen (secondary N) is 1. The molecule has 1 atom stereocenters. The molecule has 82 valence electrons. The molecule has 0 spiro atoms.